The van der Waals surface area contributed by atoms with E-state index < -0.39 is 0 Å². The number of aromatic nitrogens is 3. The molecule has 0 spiro atoms. The molecule has 0 amide bonds. The van der Waals surface area contributed by atoms with Gasteiger partial charge >= 0.3 is 0 Å². The van der Waals surface area contributed by atoms with E-state index in [4.69, 9.17) is 4.74 Å². The molecule has 0 saturated heterocycles. The van der Waals surface area contributed by atoms with E-state index >= 15 is 0 Å². The fourth-order valence-corrected chi connectivity index (χ4v) is 3.08. The predicted octanol–water partition coefficient (Wildman–Crippen LogP) is 2.81. The molecule has 1 aliphatic rings. The summed E-state index contributed by atoms with van der Waals surface area (Å²) in [6, 6.07) is 10.3. The summed E-state index contributed by atoms with van der Waals surface area (Å²) in [5, 5.41) is 11.3. The van der Waals surface area contributed by atoms with Crippen LogP contribution >= 0.6 is 24.0 Å². The molecular formula is C19H29IN6O. The van der Waals surface area contributed by atoms with E-state index in [-0.39, 0.29) is 30.0 Å². The SMILES string of the molecule is CCNC(=NCCOCc1ccccc1)NC1CCCn2nc(C)nc21.I. The standard InChI is InChI=1S/C19H28N6O.HI/c1-3-20-19(21-11-13-26-14-16-8-5-4-6-9-16)23-17-10-7-12-25-18(17)22-15(2)24-25;/h4-6,8-9,17H,3,7,10-14H2,1-2H3,(H2,20,21,23);1H. The van der Waals surface area contributed by atoms with Crippen molar-refractivity contribution < 1.29 is 4.74 Å². The Balaban J connectivity index is 0.00000261. The van der Waals surface area contributed by atoms with Crippen molar-refractivity contribution >= 4 is 29.9 Å². The highest BCUT2D eigenvalue weighted by Crippen LogP contribution is 2.22. The molecule has 0 aliphatic carbocycles. The van der Waals surface area contributed by atoms with E-state index in [2.05, 4.69) is 44.8 Å². The van der Waals surface area contributed by atoms with Gasteiger partial charge in [-0.1, -0.05) is 30.3 Å². The normalized spacial score (nSPS) is 16.4. The van der Waals surface area contributed by atoms with Crippen LogP contribution < -0.4 is 10.6 Å². The number of nitrogens with zero attached hydrogens (tertiary/aromatic N) is 4. The molecule has 2 N–H and O–H groups in total. The molecular weight excluding hydrogens is 455 g/mol. The maximum Gasteiger partial charge on any atom is 0.191 e. The summed E-state index contributed by atoms with van der Waals surface area (Å²) in [7, 11) is 0. The lowest BCUT2D eigenvalue weighted by Crippen LogP contribution is -2.41. The van der Waals surface area contributed by atoms with E-state index in [1.807, 2.05) is 29.8 Å². The lowest BCUT2D eigenvalue weighted by molar-refractivity contribution is 0.128. The number of aryl methyl sites for hydroxylation is 2. The van der Waals surface area contributed by atoms with Crippen molar-refractivity contribution in [3.8, 4) is 0 Å². The fraction of sp³-hybridized carbons (Fsp3) is 0.526. The zero-order valence-corrected chi connectivity index (χ0v) is 18.3. The Morgan fingerprint density at radius 3 is 2.93 bits per heavy atom. The zero-order valence-electron chi connectivity index (χ0n) is 16.0. The lowest BCUT2D eigenvalue weighted by atomic mass is 10.1. The Hall–Kier alpha value is -1.68. The van der Waals surface area contributed by atoms with E-state index in [0.29, 0.717) is 19.8 Å². The van der Waals surface area contributed by atoms with Gasteiger partial charge in [0.1, 0.15) is 11.6 Å². The van der Waals surface area contributed by atoms with Gasteiger partial charge in [-0.3, -0.25) is 4.99 Å². The van der Waals surface area contributed by atoms with Crippen LogP contribution in [0.4, 0.5) is 0 Å². The molecule has 3 rings (SSSR count). The summed E-state index contributed by atoms with van der Waals surface area (Å²) >= 11 is 0. The van der Waals surface area contributed by atoms with Gasteiger partial charge in [0.15, 0.2) is 5.96 Å². The molecule has 1 aromatic heterocycles. The lowest BCUT2D eigenvalue weighted by Gasteiger charge is -2.25. The number of fused-ring (bicyclic) bond motifs is 1. The Kier molecular flexibility index (Phi) is 8.99. The minimum absolute atomic E-state index is 0. The van der Waals surface area contributed by atoms with Gasteiger partial charge in [-0.05, 0) is 32.3 Å². The minimum Gasteiger partial charge on any atom is -0.375 e. The van der Waals surface area contributed by atoms with Crippen LogP contribution in [0.2, 0.25) is 0 Å². The average Bonchev–Trinajstić information content (AvgIpc) is 3.04. The van der Waals surface area contributed by atoms with Gasteiger partial charge in [0.25, 0.3) is 0 Å². The molecule has 1 aromatic carbocycles. The highest BCUT2D eigenvalue weighted by molar-refractivity contribution is 14.0. The number of hydrogen-bond donors (Lipinski definition) is 2. The molecule has 0 bridgehead atoms. The van der Waals surface area contributed by atoms with Crippen molar-refractivity contribution in [3.05, 3.63) is 47.5 Å². The van der Waals surface area contributed by atoms with Gasteiger partial charge in [0.2, 0.25) is 0 Å². The molecule has 0 fully saturated rings. The molecule has 1 aliphatic heterocycles. The first-order valence-corrected chi connectivity index (χ1v) is 9.34. The van der Waals surface area contributed by atoms with Crippen LogP contribution in [-0.4, -0.2) is 40.4 Å². The van der Waals surface area contributed by atoms with Crippen molar-refractivity contribution in [3.63, 3.8) is 0 Å². The summed E-state index contributed by atoms with van der Waals surface area (Å²) in [4.78, 5) is 9.20. The number of benzene rings is 1. The Morgan fingerprint density at radius 1 is 1.33 bits per heavy atom. The summed E-state index contributed by atoms with van der Waals surface area (Å²) in [5.41, 5.74) is 1.18. The predicted molar refractivity (Wildman–Crippen MR) is 117 cm³/mol. The number of nitrogens with one attached hydrogen (secondary N) is 2. The quantitative estimate of drug-likeness (QED) is 0.274. The molecule has 148 valence electrons. The average molecular weight is 484 g/mol. The van der Waals surface area contributed by atoms with E-state index in [9.17, 15) is 0 Å². The molecule has 0 radical (unpaired) electrons. The molecule has 27 heavy (non-hydrogen) atoms. The van der Waals surface area contributed by atoms with Crippen LogP contribution in [0, 0.1) is 6.92 Å². The van der Waals surface area contributed by atoms with Crippen molar-refractivity contribution in [1.29, 1.82) is 0 Å². The summed E-state index contributed by atoms with van der Waals surface area (Å²) in [6.07, 6.45) is 2.13. The van der Waals surface area contributed by atoms with E-state index in [1.54, 1.807) is 0 Å². The highest BCUT2D eigenvalue weighted by atomic mass is 127. The fourth-order valence-electron chi connectivity index (χ4n) is 3.08. The Labute approximate surface area is 178 Å². The van der Waals surface area contributed by atoms with Gasteiger partial charge in [-0.2, -0.15) is 5.10 Å². The largest absolute Gasteiger partial charge is 0.375 e. The number of ether oxygens (including phenoxy) is 1. The third kappa shape index (κ3) is 6.46. The first-order valence-electron chi connectivity index (χ1n) is 9.34. The zero-order chi connectivity index (χ0) is 18.2. The number of aliphatic imine (C=N–C) groups is 1. The monoisotopic (exact) mass is 484 g/mol. The first kappa shape index (κ1) is 21.6. The van der Waals surface area contributed by atoms with Gasteiger partial charge < -0.3 is 15.4 Å². The molecule has 1 atom stereocenters. The second-order valence-corrected chi connectivity index (χ2v) is 6.38. The van der Waals surface area contributed by atoms with Crippen molar-refractivity contribution in [1.82, 2.24) is 25.4 Å². The van der Waals surface area contributed by atoms with Crippen molar-refractivity contribution in [2.45, 2.75) is 45.9 Å². The van der Waals surface area contributed by atoms with Crippen LogP contribution in [0.15, 0.2) is 35.3 Å². The van der Waals surface area contributed by atoms with Gasteiger partial charge in [-0.25, -0.2) is 9.67 Å². The minimum atomic E-state index is 0. The van der Waals surface area contributed by atoms with E-state index in [0.717, 1.165) is 43.5 Å². The molecule has 7 nitrogen and oxygen atoms in total. The van der Waals surface area contributed by atoms with Crippen LogP contribution in [-0.2, 0) is 17.9 Å². The summed E-state index contributed by atoms with van der Waals surface area (Å²) in [5.74, 6) is 2.62. The van der Waals surface area contributed by atoms with Crippen LogP contribution in [0.5, 0.6) is 0 Å². The summed E-state index contributed by atoms with van der Waals surface area (Å²) < 4.78 is 7.71. The second-order valence-electron chi connectivity index (χ2n) is 6.38. The topological polar surface area (TPSA) is 76.4 Å². The third-order valence-electron chi connectivity index (χ3n) is 4.25. The molecule has 2 heterocycles. The smallest absolute Gasteiger partial charge is 0.191 e. The molecule has 8 heteroatoms. The number of guanidine groups is 1. The van der Waals surface area contributed by atoms with Crippen LogP contribution in [0.3, 0.4) is 0 Å². The van der Waals surface area contributed by atoms with Crippen molar-refractivity contribution in [2.75, 3.05) is 19.7 Å². The number of hydrogen-bond acceptors (Lipinski definition) is 4. The third-order valence-corrected chi connectivity index (χ3v) is 4.25. The molecule has 0 saturated carbocycles. The Bertz CT molecular complexity index is 718. The number of halogens is 1. The summed E-state index contributed by atoms with van der Waals surface area (Å²) in [6.45, 7) is 7.57. The molecule has 2 aromatic rings. The van der Waals surface area contributed by atoms with Gasteiger partial charge in [-0.15, -0.1) is 24.0 Å². The maximum atomic E-state index is 5.71. The molecule has 1 unspecified atom stereocenters. The van der Waals surface area contributed by atoms with Gasteiger partial charge in [0.05, 0.1) is 25.8 Å². The maximum absolute atomic E-state index is 5.71. The second kappa shape index (κ2) is 11.2. The van der Waals surface area contributed by atoms with Gasteiger partial charge in [0, 0.05) is 13.1 Å². The van der Waals surface area contributed by atoms with Crippen LogP contribution in [0.1, 0.15) is 43.0 Å². The first-order chi connectivity index (χ1) is 12.8. The Morgan fingerprint density at radius 2 is 2.15 bits per heavy atom. The van der Waals surface area contributed by atoms with Crippen LogP contribution in [0.25, 0.3) is 0 Å². The number of rotatable bonds is 7. The van der Waals surface area contributed by atoms with Crippen molar-refractivity contribution in [2.24, 2.45) is 4.99 Å². The van der Waals surface area contributed by atoms with E-state index in [1.165, 1.54) is 5.56 Å². The highest BCUT2D eigenvalue weighted by Gasteiger charge is 2.24.